The Labute approximate surface area is 130 Å². The van der Waals surface area contributed by atoms with Gasteiger partial charge >= 0.3 is 0 Å². The standard InChI is InChI=1S/C17H21N3O2/c1-11-16(12(2)20(3)19-11)17(21)18-9-15-8-13-6-4-5-7-14(13)10-22-15/h4-7,15H,8-10H2,1-3H3,(H,18,21)/t15-/m0/s1. The summed E-state index contributed by atoms with van der Waals surface area (Å²) < 4.78 is 7.55. The van der Waals surface area contributed by atoms with Crippen molar-refractivity contribution in [2.75, 3.05) is 6.54 Å². The average molecular weight is 299 g/mol. The number of hydrogen-bond donors (Lipinski definition) is 1. The molecule has 116 valence electrons. The van der Waals surface area contributed by atoms with Crippen LogP contribution in [0.5, 0.6) is 0 Å². The molecule has 0 unspecified atom stereocenters. The van der Waals surface area contributed by atoms with Crippen molar-refractivity contribution in [2.45, 2.75) is 33.0 Å². The van der Waals surface area contributed by atoms with Gasteiger partial charge in [-0.2, -0.15) is 5.10 Å². The van der Waals surface area contributed by atoms with Crippen molar-refractivity contribution in [3.63, 3.8) is 0 Å². The first-order valence-electron chi connectivity index (χ1n) is 7.53. The molecule has 0 fully saturated rings. The molecule has 1 N–H and O–H groups in total. The van der Waals surface area contributed by atoms with Gasteiger partial charge < -0.3 is 10.1 Å². The van der Waals surface area contributed by atoms with Crippen LogP contribution >= 0.6 is 0 Å². The topological polar surface area (TPSA) is 56.2 Å². The third-order valence-corrected chi connectivity index (χ3v) is 4.27. The maximum absolute atomic E-state index is 12.4. The molecule has 0 saturated heterocycles. The van der Waals surface area contributed by atoms with Crippen LogP contribution < -0.4 is 5.32 Å². The number of amides is 1. The maximum atomic E-state index is 12.4. The summed E-state index contributed by atoms with van der Waals surface area (Å²) in [6.07, 6.45) is 0.859. The summed E-state index contributed by atoms with van der Waals surface area (Å²) >= 11 is 0. The van der Waals surface area contributed by atoms with E-state index < -0.39 is 0 Å². The SMILES string of the molecule is Cc1nn(C)c(C)c1C(=O)NC[C@@H]1Cc2ccccc2CO1. The lowest BCUT2D eigenvalue weighted by molar-refractivity contribution is 0.0285. The molecule has 1 aliphatic rings. The van der Waals surface area contributed by atoms with E-state index in [0.717, 1.165) is 17.8 Å². The van der Waals surface area contributed by atoms with Gasteiger partial charge in [-0.25, -0.2) is 0 Å². The second-order valence-corrected chi connectivity index (χ2v) is 5.79. The summed E-state index contributed by atoms with van der Waals surface area (Å²) in [4.78, 5) is 12.4. The number of carbonyl (C=O) groups is 1. The Hall–Kier alpha value is -2.14. The van der Waals surface area contributed by atoms with E-state index in [1.165, 1.54) is 11.1 Å². The number of nitrogens with one attached hydrogen (secondary N) is 1. The van der Waals surface area contributed by atoms with Crippen molar-refractivity contribution in [3.8, 4) is 0 Å². The number of ether oxygens (including phenoxy) is 1. The fourth-order valence-electron chi connectivity index (χ4n) is 2.94. The molecule has 5 heteroatoms. The molecule has 1 aliphatic heterocycles. The molecule has 5 nitrogen and oxygen atoms in total. The molecule has 1 amide bonds. The van der Waals surface area contributed by atoms with Crippen LogP contribution in [0.1, 0.15) is 32.9 Å². The molecule has 0 bridgehead atoms. The molecular formula is C17H21N3O2. The highest BCUT2D eigenvalue weighted by Gasteiger charge is 2.21. The van der Waals surface area contributed by atoms with Gasteiger partial charge in [-0.15, -0.1) is 0 Å². The van der Waals surface area contributed by atoms with Gasteiger partial charge in [-0.1, -0.05) is 24.3 Å². The normalized spacial score (nSPS) is 17.1. The molecule has 2 aromatic rings. The van der Waals surface area contributed by atoms with Crippen LogP contribution in [0.25, 0.3) is 0 Å². The van der Waals surface area contributed by atoms with Gasteiger partial charge in [-0.05, 0) is 25.0 Å². The van der Waals surface area contributed by atoms with Gasteiger partial charge in [0.05, 0.1) is 24.0 Å². The van der Waals surface area contributed by atoms with Crippen LogP contribution in [0.4, 0.5) is 0 Å². The van der Waals surface area contributed by atoms with Crippen LogP contribution in [0.2, 0.25) is 0 Å². The Balaban J connectivity index is 1.63. The molecule has 0 saturated carbocycles. The first-order chi connectivity index (χ1) is 10.6. The summed E-state index contributed by atoms with van der Waals surface area (Å²) in [5.74, 6) is -0.0782. The summed E-state index contributed by atoms with van der Waals surface area (Å²) in [5, 5.41) is 7.26. The molecule has 1 aromatic carbocycles. The van der Waals surface area contributed by atoms with E-state index >= 15 is 0 Å². The molecular weight excluding hydrogens is 278 g/mol. The second kappa shape index (κ2) is 5.93. The lowest BCUT2D eigenvalue weighted by Gasteiger charge is -2.25. The minimum absolute atomic E-state index is 0.0242. The highest BCUT2D eigenvalue weighted by Crippen LogP contribution is 2.20. The number of hydrogen-bond acceptors (Lipinski definition) is 3. The summed E-state index contributed by atoms with van der Waals surface area (Å²) in [6, 6.07) is 8.29. The van der Waals surface area contributed by atoms with E-state index in [1.807, 2.05) is 33.0 Å². The zero-order valence-electron chi connectivity index (χ0n) is 13.2. The average Bonchev–Trinajstić information content (AvgIpc) is 2.77. The van der Waals surface area contributed by atoms with Crippen LogP contribution in [-0.4, -0.2) is 28.3 Å². The third kappa shape index (κ3) is 2.76. The van der Waals surface area contributed by atoms with Crippen LogP contribution in [-0.2, 0) is 24.8 Å². The van der Waals surface area contributed by atoms with Crippen molar-refractivity contribution >= 4 is 5.91 Å². The van der Waals surface area contributed by atoms with Crippen molar-refractivity contribution in [3.05, 3.63) is 52.3 Å². The highest BCUT2D eigenvalue weighted by molar-refractivity contribution is 5.96. The molecule has 0 spiro atoms. The van der Waals surface area contributed by atoms with Gasteiger partial charge in [0.1, 0.15) is 0 Å². The summed E-state index contributed by atoms with van der Waals surface area (Å²) in [7, 11) is 1.85. The number of aryl methyl sites for hydroxylation is 2. The molecule has 22 heavy (non-hydrogen) atoms. The molecule has 3 rings (SSSR count). The third-order valence-electron chi connectivity index (χ3n) is 4.27. The van der Waals surface area contributed by atoms with E-state index in [4.69, 9.17) is 4.74 Å². The monoisotopic (exact) mass is 299 g/mol. The Kier molecular flexibility index (Phi) is 3.98. The quantitative estimate of drug-likeness (QED) is 0.942. The Morgan fingerprint density at radius 3 is 2.77 bits per heavy atom. The Morgan fingerprint density at radius 2 is 2.09 bits per heavy atom. The first-order valence-corrected chi connectivity index (χ1v) is 7.53. The molecule has 2 heterocycles. The zero-order valence-corrected chi connectivity index (χ0v) is 13.2. The minimum Gasteiger partial charge on any atom is -0.371 e. The number of nitrogens with zero attached hydrogens (tertiary/aromatic N) is 2. The highest BCUT2D eigenvalue weighted by atomic mass is 16.5. The zero-order chi connectivity index (χ0) is 15.7. The van der Waals surface area contributed by atoms with Gasteiger partial charge in [0.2, 0.25) is 0 Å². The number of benzene rings is 1. The lowest BCUT2D eigenvalue weighted by Crippen LogP contribution is -2.37. The summed E-state index contributed by atoms with van der Waals surface area (Å²) in [6.45, 7) is 4.89. The van der Waals surface area contributed by atoms with Gasteiger partial charge in [0, 0.05) is 25.7 Å². The Bertz CT molecular complexity index is 706. The molecule has 1 atom stereocenters. The number of aromatic nitrogens is 2. The van der Waals surface area contributed by atoms with Crippen LogP contribution in [0, 0.1) is 13.8 Å². The largest absolute Gasteiger partial charge is 0.371 e. The maximum Gasteiger partial charge on any atom is 0.255 e. The molecule has 1 aromatic heterocycles. The van der Waals surface area contributed by atoms with Crippen molar-refractivity contribution < 1.29 is 9.53 Å². The fraction of sp³-hybridized carbons (Fsp3) is 0.412. The fourth-order valence-corrected chi connectivity index (χ4v) is 2.94. The Morgan fingerprint density at radius 1 is 1.36 bits per heavy atom. The van der Waals surface area contributed by atoms with E-state index in [2.05, 4.69) is 22.5 Å². The molecule has 0 radical (unpaired) electrons. The minimum atomic E-state index is -0.0782. The second-order valence-electron chi connectivity index (χ2n) is 5.79. The smallest absolute Gasteiger partial charge is 0.255 e. The lowest BCUT2D eigenvalue weighted by atomic mass is 9.99. The van der Waals surface area contributed by atoms with E-state index in [9.17, 15) is 4.79 Å². The van der Waals surface area contributed by atoms with E-state index in [1.54, 1.807) is 4.68 Å². The number of fused-ring (bicyclic) bond motifs is 1. The van der Waals surface area contributed by atoms with Crippen LogP contribution in [0.15, 0.2) is 24.3 Å². The van der Waals surface area contributed by atoms with Crippen LogP contribution in [0.3, 0.4) is 0 Å². The van der Waals surface area contributed by atoms with Gasteiger partial charge in [0.15, 0.2) is 0 Å². The van der Waals surface area contributed by atoms with E-state index in [-0.39, 0.29) is 12.0 Å². The van der Waals surface area contributed by atoms with E-state index in [0.29, 0.717) is 18.7 Å². The number of carbonyl (C=O) groups excluding carboxylic acids is 1. The molecule has 0 aliphatic carbocycles. The first kappa shape index (κ1) is 14.8. The van der Waals surface area contributed by atoms with Gasteiger partial charge in [-0.3, -0.25) is 9.48 Å². The van der Waals surface area contributed by atoms with Crippen molar-refractivity contribution in [1.82, 2.24) is 15.1 Å². The van der Waals surface area contributed by atoms with Crippen molar-refractivity contribution in [1.29, 1.82) is 0 Å². The summed E-state index contributed by atoms with van der Waals surface area (Å²) in [5.41, 5.74) is 4.85. The predicted octanol–water partition coefficient (Wildman–Crippen LogP) is 1.91. The number of rotatable bonds is 3. The van der Waals surface area contributed by atoms with Gasteiger partial charge in [0.25, 0.3) is 5.91 Å². The van der Waals surface area contributed by atoms with Crippen molar-refractivity contribution in [2.24, 2.45) is 7.05 Å². The predicted molar refractivity (Wildman–Crippen MR) is 83.7 cm³/mol.